The number of hydrogen-bond acceptors (Lipinski definition) is 0. The fraction of sp³-hybridized carbons (Fsp3) is 0.412. The summed E-state index contributed by atoms with van der Waals surface area (Å²) >= 11 is 0. The summed E-state index contributed by atoms with van der Waals surface area (Å²) in [6, 6.07) is 0.855. The van der Waals surface area contributed by atoms with Crippen LogP contribution in [0.1, 0.15) is 56.2 Å². The van der Waals surface area contributed by atoms with E-state index in [1.54, 1.807) is 0 Å². The highest BCUT2D eigenvalue weighted by atomic mass is 19.4. The van der Waals surface area contributed by atoms with Gasteiger partial charge in [-0.1, -0.05) is 19.9 Å². The molecule has 1 aromatic rings. The SMILES string of the molecule is CCC/C(F)=C(\F)c1ccc(/C(F)=C(\F)CCC)c(C(F)(F)F)c1F. The number of rotatable bonds is 6. The summed E-state index contributed by atoms with van der Waals surface area (Å²) < 4.78 is 108. The maximum absolute atomic E-state index is 14.2. The van der Waals surface area contributed by atoms with E-state index in [2.05, 4.69) is 0 Å². The summed E-state index contributed by atoms with van der Waals surface area (Å²) in [6.07, 6.45) is -6.09. The van der Waals surface area contributed by atoms with Crippen LogP contribution in [0.15, 0.2) is 23.8 Å². The van der Waals surface area contributed by atoms with Gasteiger partial charge in [0.15, 0.2) is 11.7 Å². The summed E-state index contributed by atoms with van der Waals surface area (Å²) in [4.78, 5) is 0. The van der Waals surface area contributed by atoms with Crippen LogP contribution in [0.25, 0.3) is 11.7 Å². The van der Waals surface area contributed by atoms with E-state index in [1.807, 2.05) is 0 Å². The number of allylic oxidation sites excluding steroid dienone is 2. The molecule has 0 atom stereocenters. The van der Waals surface area contributed by atoms with Crippen molar-refractivity contribution in [2.45, 2.75) is 45.7 Å². The second-order valence-corrected chi connectivity index (χ2v) is 5.29. The first-order valence-electron chi connectivity index (χ1n) is 7.54. The van der Waals surface area contributed by atoms with Crippen molar-refractivity contribution in [1.82, 2.24) is 0 Å². The lowest BCUT2D eigenvalue weighted by Crippen LogP contribution is -2.13. The molecule has 1 rings (SSSR count). The number of hydrogen-bond donors (Lipinski definition) is 0. The summed E-state index contributed by atoms with van der Waals surface area (Å²) in [5, 5.41) is 0. The predicted octanol–water partition coefficient (Wildman–Crippen LogP) is 7.66. The number of alkyl halides is 3. The van der Waals surface area contributed by atoms with Crippen molar-refractivity contribution in [2.24, 2.45) is 0 Å². The van der Waals surface area contributed by atoms with E-state index in [9.17, 15) is 35.1 Å². The highest BCUT2D eigenvalue weighted by Gasteiger charge is 2.40. The van der Waals surface area contributed by atoms with Gasteiger partial charge in [0.1, 0.15) is 23.0 Å². The Morgan fingerprint density at radius 1 is 0.800 bits per heavy atom. The molecule has 0 radical (unpaired) electrons. The van der Waals surface area contributed by atoms with Gasteiger partial charge in [-0.2, -0.15) is 13.2 Å². The Morgan fingerprint density at radius 2 is 1.20 bits per heavy atom. The zero-order chi connectivity index (χ0) is 19.4. The Labute approximate surface area is 139 Å². The van der Waals surface area contributed by atoms with E-state index in [1.165, 1.54) is 13.8 Å². The van der Waals surface area contributed by atoms with Gasteiger partial charge in [-0.05, 0) is 18.9 Å². The third-order valence-electron chi connectivity index (χ3n) is 3.31. The summed E-state index contributed by atoms with van der Waals surface area (Å²) in [5.74, 6) is -8.76. The molecule has 25 heavy (non-hydrogen) atoms. The Kier molecular flexibility index (Phi) is 7.19. The van der Waals surface area contributed by atoms with Gasteiger partial charge in [0, 0.05) is 24.0 Å². The van der Waals surface area contributed by atoms with Gasteiger partial charge in [-0.25, -0.2) is 22.0 Å². The van der Waals surface area contributed by atoms with Crippen LogP contribution in [0.5, 0.6) is 0 Å². The average molecular weight is 372 g/mol. The van der Waals surface area contributed by atoms with Crippen LogP contribution in [0.4, 0.5) is 35.1 Å². The van der Waals surface area contributed by atoms with E-state index in [-0.39, 0.29) is 12.8 Å². The number of benzene rings is 1. The van der Waals surface area contributed by atoms with Gasteiger partial charge in [-0.3, -0.25) is 0 Å². The highest BCUT2D eigenvalue weighted by molar-refractivity contribution is 5.70. The monoisotopic (exact) mass is 372 g/mol. The summed E-state index contributed by atoms with van der Waals surface area (Å²) in [7, 11) is 0. The third kappa shape index (κ3) is 4.83. The minimum Gasteiger partial charge on any atom is -0.209 e. The van der Waals surface area contributed by atoms with Crippen molar-refractivity contribution in [1.29, 1.82) is 0 Å². The first kappa shape index (κ1) is 21.2. The quantitative estimate of drug-likeness (QED) is 0.450. The van der Waals surface area contributed by atoms with Crippen molar-refractivity contribution in [2.75, 3.05) is 0 Å². The Hall–Kier alpha value is -1.86. The molecule has 0 heterocycles. The van der Waals surface area contributed by atoms with Crippen LogP contribution in [-0.4, -0.2) is 0 Å². The molecule has 0 bridgehead atoms. The molecule has 0 nitrogen and oxygen atoms in total. The fourth-order valence-electron chi connectivity index (χ4n) is 2.16. The molecule has 0 spiro atoms. The molecule has 0 aliphatic rings. The summed E-state index contributed by atoms with van der Waals surface area (Å²) in [6.45, 7) is 2.96. The molecule has 0 unspecified atom stereocenters. The maximum Gasteiger partial charge on any atom is 0.419 e. The van der Waals surface area contributed by atoms with Crippen LogP contribution in [0.3, 0.4) is 0 Å². The molecule has 1 aromatic carbocycles. The van der Waals surface area contributed by atoms with Crippen molar-refractivity contribution in [3.63, 3.8) is 0 Å². The Bertz CT molecular complexity index is 683. The van der Waals surface area contributed by atoms with E-state index in [4.69, 9.17) is 0 Å². The van der Waals surface area contributed by atoms with Crippen molar-refractivity contribution >= 4 is 11.7 Å². The topological polar surface area (TPSA) is 0 Å². The van der Waals surface area contributed by atoms with Crippen molar-refractivity contribution < 1.29 is 35.1 Å². The molecule has 0 fully saturated rings. The minimum absolute atomic E-state index is 0.112. The second-order valence-electron chi connectivity index (χ2n) is 5.29. The molecule has 8 heteroatoms. The van der Waals surface area contributed by atoms with E-state index < -0.39 is 64.8 Å². The molecule has 0 N–H and O–H groups in total. The van der Waals surface area contributed by atoms with E-state index >= 15 is 0 Å². The van der Waals surface area contributed by atoms with Crippen molar-refractivity contribution in [3.8, 4) is 0 Å². The van der Waals surface area contributed by atoms with Crippen LogP contribution in [0, 0.1) is 5.82 Å². The van der Waals surface area contributed by atoms with Crippen LogP contribution in [-0.2, 0) is 6.18 Å². The van der Waals surface area contributed by atoms with Gasteiger partial charge in [0.25, 0.3) is 0 Å². The molecule has 0 saturated carbocycles. The lowest BCUT2D eigenvalue weighted by Gasteiger charge is -2.15. The fourth-order valence-corrected chi connectivity index (χ4v) is 2.16. The maximum atomic E-state index is 14.2. The zero-order valence-electron chi connectivity index (χ0n) is 13.5. The van der Waals surface area contributed by atoms with Crippen LogP contribution in [0.2, 0.25) is 0 Å². The Balaban J connectivity index is 3.69. The Morgan fingerprint density at radius 3 is 1.60 bits per heavy atom. The molecular formula is C17H16F8. The van der Waals surface area contributed by atoms with Crippen LogP contribution < -0.4 is 0 Å². The molecular weight excluding hydrogens is 356 g/mol. The normalized spacial score (nSPS) is 14.3. The first-order chi connectivity index (χ1) is 11.6. The molecule has 0 aliphatic heterocycles. The predicted molar refractivity (Wildman–Crippen MR) is 79.5 cm³/mol. The lowest BCUT2D eigenvalue weighted by atomic mass is 9.99. The third-order valence-corrected chi connectivity index (χ3v) is 3.31. The van der Waals surface area contributed by atoms with Gasteiger partial charge in [-0.15, -0.1) is 0 Å². The highest BCUT2D eigenvalue weighted by Crippen LogP contribution is 2.41. The van der Waals surface area contributed by atoms with Gasteiger partial charge >= 0.3 is 6.18 Å². The second kappa shape index (κ2) is 8.49. The van der Waals surface area contributed by atoms with Crippen molar-refractivity contribution in [3.05, 3.63) is 46.3 Å². The molecule has 0 aromatic heterocycles. The average Bonchev–Trinajstić information content (AvgIpc) is 2.52. The van der Waals surface area contributed by atoms with E-state index in [0.717, 1.165) is 0 Å². The zero-order valence-corrected chi connectivity index (χ0v) is 13.5. The van der Waals surface area contributed by atoms with E-state index in [0.29, 0.717) is 12.1 Å². The first-order valence-corrected chi connectivity index (χ1v) is 7.54. The lowest BCUT2D eigenvalue weighted by molar-refractivity contribution is -0.140. The molecule has 0 amide bonds. The largest absolute Gasteiger partial charge is 0.419 e. The molecule has 0 aliphatic carbocycles. The standard InChI is InChI=1S/C17H16F8/c1-3-5-11(18)14(20)9-7-8-10(15(21)12(19)6-4-2)16(22)13(9)17(23,24)25/h7-8H,3-6H2,1-2H3/b14-11+,15-12+. The van der Waals surface area contributed by atoms with Gasteiger partial charge in [0.05, 0.1) is 0 Å². The van der Waals surface area contributed by atoms with Gasteiger partial charge < -0.3 is 0 Å². The number of halogens is 8. The molecule has 140 valence electrons. The van der Waals surface area contributed by atoms with Gasteiger partial charge in [0.2, 0.25) is 0 Å². The molecule has 0 saturated heterocycles. The summed E-state index contributed by atoms with van der Waals surface area (Å²) in [5.41, 5.74) is -4.85. The smallest absolute Gasteiger partial charge is 0.209 e. The minimum atomic E-state index is -5.43. The van der Waals surface area contributed by atoms with Crippen LogP contribution >= 0.6 is 0 Å².